The van der Waals surface area contributed by atoms with E-state index in [4.69, 9.17) is 4.42 Å². The SMILES string of the molecule is O=C(CSc1nnc(-c2nn(Cc3ccccc3)c(=O)c3ccccc23)o1)Nc1cccc(F)c1. The first-order valence-corrected chi connectivity index (χ1v) is 11.6. The van der Waals surface area contributed by atoms with Crippen LogP contribution in [0, 0.1) is 5.82 Å². The summed E-state index contributed by atoms with van der Waals surface area (Å²) in [6.07, 6.45) is 0. The standard InChI is InChI=1S/C25H18FN5O3S/c26-17-9-6-10-18(13-17)27-21(32)15-35-25-29-28-23(34-25)22-19-11-4-5-12-20(19)24(33)31(30-22)14-16-7-2-1-3-8-16/h1-13H,14-15H2,(H,27,32). The topological polar surface area (TPSA) is 103 Å². The number of anilines is 1. The number of rotatable bonds is 7. The highest BCUT2D eigenvalue weighted by atomic mass is 32.2. The van der Waals surface area contributed by atoms with Gasteiger partial charge in [0, 0.05) is 11.1 Å². The van der Waals surface area contributed by atoms with Gasteiger partial charge in [-0.25, -0.2) is 9.07 Å². The van der Waals surface area contributed by atoms with Gasteiger partial charge in [0.25, 0.3) is 16.7 Å². The Morgan fingerprint density at radius 1 is 0.971 bits per heavy atom. The number of nitrogens with one attached hydrogen (secondary N) is 1. The largest absolute Gasteiger partial charge is 0.409 e. The predicted octanol–water partition coefficient (Wildman–Crippen LogP) is 4.36. The molecule has 3 aromatic carbocycles. The Hall–Kier alpha value is -4.31. The van der Waals surface area contributed by atoms with Crippen LogP contribution in [0.15, 0.2) is 93.3 Å². The van der Waals surface area contributed by atoms with Gasteiger partial charge in [-0.2, -0.15) is 5.10 Å². The van der Waals surface area contributed by atoms with Crippen LogP contribution >= 0.6 is 11.8 Å². The number of nitrogens with zero attached hydrogens (tertiary/aromatic N) is 4. The lowest BCUT2D eigenvalue weighted by Gasteiger charge is -2.09. The molecule has 8 nitrogen and oxygen atoms in total. The zero-order chi connectivity index (χ0) is 24.2. The average Bonchev–Trinajstić information content (AvgIpc) is 3.34. The number of thioether (sulfide) groups is 1. The normalized spacial score (nSPS) is 11.0. The van der Waals surface area contributed by atoms with Crippen LogP contribution in [0.1, 0.15) is 5.56 Å². The molecule has 0 aliphatic rings. The van der Waals surface area contributed by atoms with E-state index >= 15 is 0 Å². The third kappa shape index (κ3) is 5.12. The van der Waals surface area contributed by atoms with Gasteiger partial charge in [0.2, 0.25) is 5.91 Å². The molecule has 35 heavy (non-hydrogen) atoms. The second kappa shape index (κ2) is 9.90. The molecule has 0 bridgehead atoms. The van der Waals surface area contributed by atoms with Gasteiger partial charge in [-0.05, 0) is 29.8 Å². The number of carbonyl (C=O) groups is 1. The van der Waals surface area contributed by atoms with Crippen molar-refractivity contribution < 1.29 is 13.6 Å². The Morgan fingerprint density at radius 2 is 1.74 bits per heavy atom. The van der Waals surface area contributed by atoms with Crippen LogP contribution in [-0.4, -0.2) is 31.6 Å². The number of fused-ring (bicyclic) bond motifs is 1. The van der Waals surface area contributed by atoms with Crippen molar-refractivity contribution in [1.29, 1.82) is 0 Å². The Bertz CT molecular complexity index is 1570. The summed E-state index contributed by atoms with van der Waals surface area (Å²) in [7, 11) is 0. The molecule has 1 N–H and O–H groups in total. The number of aromatic nitrogens is 4. The van der Waals surface area contributed by atoms with Crippen LogP contribution in [-0.2, 0) is 11.3 Å². The third-order valence-corrected chi connectivity index (χ3v) is 5.91. The van der Waals surface area contributed by atoms with E-state index in [1.54, 1.807) is 30.3 Å². The van der Waals surface area contributed by atoms with E-state index in [0.29, 0.717) is 22.2 Å². The summed E-state index contributed by atoms with van der Waals surface area (Å²) in [5, 5.41) is 16.5. The fourth-order valence-electron chi connectivity index (χ4n) is 3.51. The number of hydrogen-bond acceptors (Lipinski definition) is 7. The fraction of sp³-hybridized carbons (Fsp3) is 0.0800. The van der Waals surface area contributed by atoms with E-state index in [1.165, 1.54) is 22.9 Å². The van der Waals surface area contributed by atoms with Crippen LogP contribution in [0.2, 0.25) is 0 Å². The van der Waals surface area contributed by atoms with Crippen molar-refractivity contribution in [2.45, 2.75) is 11.8 Å². The first kappa shape index (κ1) is 22.5. The Morgan fingerprint density at radius 3 is 2.54 bits per heavy atom. The highest BCUT2D eigenvalue weighted by Crippen LogP contribution is 2.27. The summed E-state index contributed by atoms with van der Waals surface area (Å²) < 4.78 is 20.4. The first-order chi connectivity index (χ1) is 17.1. The quantitative estimate of drug-likeness (QED) is 0.340. The number of hydrogen-bond donors (Lipinski definition) is 1. The molecule has 2 heterocycles. The van der Waals surface area contributed by atoms with Gasteiger partial charge in [0.1, 0.15) is 5.82 Å². The van der Waals surface area contributed by atoms with Crippen molar-refractivity contribution in [1.82, 2.24) is 20.0 Å². The lowest BCUT2D eigenvalue weighted by molar-refractivity contribution is -0.113. The van der Waals surface area contributed by atoms with Crippen LogP contribution in [0.4, 0.5) is 10.1 Å². The maximum atomic E-state index is 13.3. The molecule has 174 valence electrons. The van der Waals surface area contributed by atoms with Crippen LogP contribution in [0.25, 0.3) is 22.4 Å². The van der Waals surface area contributed by atoms with Crippen LogP contribution < -0.4 is 10.9 Å². The average molecular weight is 488 g/mol. The molecule has 0 spiro atoms. The fourth-order valence-corrected chi connectivity index (χ4v) is 4.07. The molecular weight excluding hydrogens is 469 g/mol. The van der Waals surface area contributed by atoms with E-state index in [9.17, 15) is 14.0 Å². The highest BCUT2D eigenvalue weighted by molar-refractivity contribution is 7.99. The molecule has 0 saturated heterocycles. The molecule has 0 fully saturated rings. The van der Waals surface area contributed by atoms with E-state index in [2.05, 4.69) is 20.6 Å². The van der Waals surface area contributed by atoms with Gasteiger partial charge in [-0.15, -0.1) is 10.2 Å². The third-order valence-electron chi connectivity index (χ3n) is 5.09. The molecule has 0 atom stereocenters. The van der Waals surface area contributed by atoms with E-state index in [1.807, 2.05) is 30.3 Å². The summed E-state index contributed by atoms with van der Waals surface area (Å²) in [6.45, 7) is 0.285. The maximum Gasteiger partial charge on any atom is 0.277 e. The molecule has 1 amide bonds. The minimum atomic E-state index is -0.440. The zero-order valence-electron chi connectivity index (χ0n) is 18.2. The zero-order valence-corrected chi connectivity index (χ0v) is 19.0. The van der Waals surface area contributed by atoms with Crippen molar-refractivity contribution >= 4 is 34.1 Å². The van der Waals surface area contributed by atoms with Crippen LogP contribution in [0.3, 0.4) is 0 Å². The second-order valence-electron chi connectivity index (χ2n) is 7.56. The molecule has 0 unspecified atom stereocenters. The summed E-state index contributed by atoms with van der Waals surface area (Å²) >= 11 is 1.04. The summed E-state index contributed by atoms with van der Waals surface area (Å²) in [6, 6.07) is 22.3. The molecule has 2 aromatic heterocycles. The molecule has 0 radical (unpaired) electrons. The number of halogens is 1. The second-order valence-corrected chi connectivity index (χ2v) is 8.49. The van der Waals surface area contributed by atoms with Crippen molar-refractivity contribution in [3.05, 3.63) is 101 Å². The minimum absolute atomic E-state index is 0.0141. The number of benzene rings is 3. The van der Waals surface area contributed by atoms with Crippen molar-refractivity contribution in [3.8, 4) is 11.6 Å². The molecule has 0 saturated carbocycles. The molecular formula is C25H18FN5O3S. The summed E-state index contributed by atoms with van der Waals surface area (Å²) in [4.78, 5) is 25.2. The smallest absolute Gasteiger partial charge is 0.277 e. The Kier molecular flexibility index (Phi) is 6.36. The van der Waals surface area contributed by atoms with Gasteiger partial charge in [0.15, 0.2) is 5.69 Å². The maximum absolute atomic E-state index is 13.3. The van der Waals surface area contributed by atoms with Gasteiger partial charge < -0.3 is 9.73 Å². The molecule has 5 rings (SSSR count). The lowest BCUT2D eigenvalue weighted by Crippen LogP contribution is -2.24. The molecule has 10 heteroatoms. The van der Waals surface area contributed by atoms with E-state index < -0.39 is 5.82 Å². The summed E-state index contributed by atoms with van der Waals surface area (Å²) in [5.41, 5.74) is 1.43. The van der Waals surface area contributed by atoms with Gasteiger partial charge in [0.05, 0.1) is 17.7 Å². The highest BCUT2D eigenvalue weighted by Gasteiger charge is 2.18. The Labute approximate surface area is 202 Å². The molecule has 0 aliphatic heterocycles. The van der Waals surface area contributed by atoms with E-state index in [0.717, 1.165) is 17.3 Å². The number of carbonyl (C=O) groups excluding carboxylic acids is 1. The monoisotopic (exact) mass is 487 g/mol. The van der Waals surface area contributed by atoms with Gasteiger partial charge >= 0.3 is 0 Å². The minimum Gasteiger partial charge on any atom is -0.409 e. The van der Waals surface area contributed by atoms with Crippen LogP contribution in [0.5, 0.6) is 0 Å². The molecule has 0 aliphatic carbocycles. The lowest BCUT2D eigenvalue weighted by atomic mass is 10.1. The first-order valence-electron chi connectivity index (χ1n) is 10.6. The molecule has 5 aromatic rings. The summed E-state index contributed by atoms with van der Waals surface area (Å²) in [5.74, 6) is -0.665. The van der Waals surface area contributed by atoms with Crippen molar-refractivity contribution in [2.24, 2.45) is 0 Å². The van der Waals surface area contributed by atoms with Gasteiger partial charge in [-0.3, -0.25) is 9.59 Å². The van der Waals surface area contributed by atoms with Crippen molar-refractivity contribution in [2.75, 3.05) is 11.1 Å². The number of amides is 1. The van der Waals surface area contributed by atoms with E-state index in [-0.39, 0.29) is 34.9 Å². The van der Waals surface area contributed by atoms with Crippen molar-refractivity contribution in [3.63, 3.8) is 0 Å². The van der Waals surface area contributed by atoms with Gasteiger partial charge in [-0.1, -0.05) is 66.4 Å². The Balaban J connectivity index is 1.39. The predicted molar refractivity (Wildman–Crippen MR) is 131 cm³/mol.